The first-order valence-corrected chi connectivity index (χ1v) is 11.6. The lowest BCUT2D eigenvalue weighted by Crippen LogP contribution is -2.54. The lowest BCUT2D eigenvalue weighted by atomic mass is 9.92. The van der Waals surface area contributed by atoms with Crippen molar-refractivity contribution in [2.45, 2.75) is 69.9 Å². The molecular weight excluding hydrogens is 490 g/mol. The van der Waals surface area contributed by atoms with Crippen molar-refractivity contribution in [3.8, 4) is 0 Å². The molecule has 31 heavy (non-hydrogen) atoms. The number of likely N-dealkylation sites (tertiary alicyclic amines) is 1. The number of β-amino-alcohol motifs (C(OH)–C–C–N with tert-alkyl or cyclic N) is 1. The Kier molecular flexibility index (Phi) is 7.50. The quantitative estimate of drug-likeness (QED) is 0.596. The van der Waals surface area contributed by atoms with Gasteiger partial charge in [-0.25, -0.2) is 4.79 Å². The number of hydrogen-bond acceptors (Lipinski definition) is 6. The maximum Gasteiger partial charge on any atom is 0.410 e. The van der Waals surface area contributed by atoms with Crippen molar-refractivity contribution in [1.82, 2.24) is 9.80 Å². The molecule has 1 saturated heterocycles. The highest BCUT2D eigenvalue weighted by atomic mass is 79.9. The highest BCUT2D eigenvalue weighted by Gasteiger charge is 2.39. The van der Waals surface area contributed by atoms with Gasteiger partial charge in [0.1, 0.15) is 5.60 Å². The maximum atomic E-state index is 12.9. The summed E-state index contributed by atoms with van der Waals surface area (Å²) in [6, 6.07) is -0.924. The molecule has 0 bridgehead atoms. The number of carbonyl (C=O) groups excluding carboxylic acids is 2. The van der Waals surface area contributed by atoms with Crippen LogP contribution >= 0.6 is 27.5 Å². The maximum absolute atomic E-state index is 12.9. The fourth-order valence-electron chi connectivity index (χ4n) is 4.01. The van der Waals surface area contributed by atoms with E-state index in [0.29, 0.717) is 28.9 Å². The van der Waals surface area contributed by atoms with E-state index < -0.39 is 35.9 Å². The van der Waals surface area contributed by atoms with E-state index in [-0.39, 0.29) is 24.9 Å². The van der Waals surface area contributed by atoms with Gasteiger partial charge in [-0.2, -0.15) is 0 Å². The first-order chi connectivity index (χ1) is 14.5. The number of aliphatic hydroxyl groups is 2. The summed E-state index contributed by atoms with van der Waals surface area (Å²) in [5.74, 6) is -0.730. The Morgan fingerprint density at radius 1 is 1.42 bits per heavy atom. The van der Waals surface area contributed by atoms with Gasteiger partial charge in [0.2, 0.25) is 5.91 Å². The molecule has 0 spiro atoms. The van der Waals surface area contributed by atoms with Crippen molar-refractivity contribution in [1.29, 1.82) is 0 Å². The van der Waals surface area contributed by atoms with Crippen LogP contribution in [0, 0.1) is 5.92 Å². The number of aliphatic hydroxyl groups excluding tert-OH is 2. The lowest BCUT2D eigenvalue weighted by Gasteiger charge is -2.41. The van der Waals surface area contributed by atoms with Gasteiger partial charge in [0, 0.05) is 11.0 Å². The van der Waals surface area contributed by atoms with Crippen LogP contribution in [-0.2, 0) is 9.53 Å². The average Bonchev–Trinajstić information content (AvgIpc) is 2.66. The third-order valence-corrected chi connectivity index (χ3v) is 6.73. The van der Waals surface area contributed by atoms with Gasteiger partial charge in [-0.15, -0.1) is 0 Å². The van der Waals surface area contributed by atoms with Crippen molar-refractivity contribution < 1.29 is 24.5 Å². The van der Waals surface area contributed by atoms with Crippen LogP contribution in [0.5, 0.6) is 0 Å². The first-order valence-electron chi connectivity index (χ1n) is 10.4. The number of rotatable bonds is 4. The molecule has 2 unspecified atom stereocenters. The van der Waals surface area contributed by atoms with Crippen molar-refractivity contribution >= 4 is 45.9 Å². The Morgan fingerprint density at radius 2 is 2.13 bits per heavy atom. The zero-order chi connectivity index (χ0) is 22.9. The van der Waals surface area contributed by atoms with Gasteiger partial charge in [0.15, 0.2) is 0 Å². The summed E-state index contributed by atoms with van der Waals surface area (Å²) in [7, 11) is 0. The molecule has 1 aliphatic carbocycles. The van der Waals surface area contributed by atoms with E-state index in [4.69, 9.17) is 16.3 Å². The molecule has 3 aliphatic rings. The van der Waals surface area contributed by atoms with Crippen LogP contribution in [0.2, 0.25) is 0 Å². The van der Waals surface area contributed by atoms with Crippen molar-refractivity contribution in [2.75, 3.05) is 13.1 Å². The van der Waals surface area contributed by atoms with Crippen LogP contribution in [0.3, 0.4) is 0 Å². The van der Waals surface area contributed by atoms with Gasteiger partial charge in [0.05, 0.1) is 48.1 Å². The molecule has 0 aromatic rings. The number of hydrogen-bond donors (Lipinski definition) is 2. The summed E-state index contributed by atoms with van der Waals surface area (Å²) in [6.07, 6.45) is 3.94. The van der Waals surface area contributed by atoms with Crippen LogP contribution in [0.1, 0.15) is 40.0 Å². The number of piperidine rings is 1. The van der Waals surface area contributed by atoms with Crippen molar-refractivity contribution in [3.63, 3.8) is 0 Å². The van der Waals surface area contributed by atoms with Crippen LogP contribution in [-0.4, -0.2) is 81.3 Å². The lowest BCUT2D eigenvalue weighted by molar-refractivity contribution is -0.132. The monoisotopic (exact) mass is 517 g/mol. The minimum Gasteiger partial charge on any atom is -0.444 e. The zero-order valence-corrected chi connectivity index (χ0v) is 20.2. The Labute approximate surface area is 195 Å². The molecule has 5 atom stereocenters. The highest BCUT2D eigenvalue weighted by Crippen LogP contribution is 2.33. The summed E-state index contributed by atoms with van der Waals surface area (Å²) in [5, 5.41) is 21.7. The number of ether oxygens (including phenoxy) is 1. The van der Waals surface area contributed by atoms with Gasteiger partial charge >= 0.3 is 6.09 Å². The zero-order valence-electron chi connectivity index (χ0n) is 17.9. The molecule has 0 radical (unpaired) electrons. The highest BCUT2D eigenvalue weighted by molar-refractivity contribution is 9.12. The molecule has 0 saturated carbocycles. The normalized spacial score (nSPS) is 29.8. The van der Waals surface area contributed by atoms with E-state index in [2.05, 4.69) is 20.9 Å². The molecule has 2 amide bonds. The number of halogens is 2. The number of fused-ring (bicyclic) bond motifs is 1. The van der Waals surface area contributed by atoms with Crippen LogP contribution < -0.4 is 0 Å². The van der Waals surface area contributed by atoms with Gasteiger partial charge in [-0.05, 0) is 68.1 Å². The summed E-state index contributed by atoms with van der Waals surface area (Å²) in [4.78, 5) is 32.7. The molecule has 8 nitrogen and oxygen atoms in total. The standard InChI is InChI=1S/C21H29BrClN3O5/c1-21(2,3)31-20(30)26-6-4-5-18(28)17(26)7-12(27)10-25-11-24-16-9-14(22)15(23)8-13(16)19(25)29/h8-9,11-13,16-18,27-28H,4-7,10H2,1-3H3/t12-,13?,16?,17+,18-/m0/s1. The predicted molar refractivity (Wildman–Crippen MR) is 121 cm³/mol. The Morgan fingerprint density at radius 3 is 2.81 bits per heavy atom. The smallest absolute Gasteiger partial charge is 0.410 e. The summed E-state index contributed by atoms with van der Waals surface area (Å²) >= 11 is 9.48. The van der Waals surface area contributed by atoms with Gasteiger partial charge in [-0.1, -0.05) is 11.6 Å². The van der Waals surface area contributed by atoms with Crippen LogP contribution in [0.25, 0.3) is 0 Å². The molecule has 2 N–H and O–H groups in total. The number of aliphatic imine (C=N–C) groups is 1. The second-order valence-corrected chi connectivity index (χ2v) is 10.4. The summed E-state index contributed by atoms with van der Waals surface area (Å²) in [5.41, 5.74) is -0.659. The third kappa shape index (κ3) is 5.88. The second kappa shape index (κ2) is 9.60. The number of carbonyl (C=O) groups is 2. The first kappa shape index (κ1) is 24.2. The molecule has 3 rings (SSSR count). The number of allylic oxidation sites excluding steroid dienone is 2. The third-order valence-electron chi connectivity index (χ3n) is 5.48. The van der Waals surface area contributed by atoms with E-state index in [0.717, 1.165) is 0 Å². The SMILES string of the molecule is CC(C)(C)OC(=O)N1CCC[C@H](O)[C@H]1C[C@H](O)CN1C=NC2C=C(Br)C(Cl)=CC2C1=O. The Hall–Kier alpha value is -1.42. The molecule has 2 aliphatic heterocycles. The Balaban J connectivity index is 1.66. The molecule has 10 heteroatoms. The minimum atomic E-state index is -0.958. The molecule has 2 heterocycles. The largest absolute Gasteiger partial charge is 0.444 e. The van der Waals surface area contributed by atoms with Gasteiger partial charge in [-0.3, -0.25) is 9.79 Å². The molecule has 172 valence electrons. The fraction of sp³-hybridized carbons (Fsp3) is 0.667. The Bertz CT molecular complexity index is 809. The van der Waals surface area contributed by atoms with Crippen LogP contribution in [0.4, 0.5) is 4.79 Å². The topological polar surface area (TPSA) is 103 Å². The summed E-state index contributed by atoms with van der Waals surface area (Å²) in [6.45, 7) is 5.80. The predicted octanol–water partition coefficient (Wildman–Crippen LogP) is 2.77. The average molecular weight is 519 g/mol. The van der Waals surface area contributed by atoms with E-state index in [1.165, 1.54) is 16.1 Å². The van der Waals surface area contributed by atoms with Crippen LogP contribution in [0.15, 0.2) is 26.7 Å². The van der Waals surface area contributed by atoms with E-state index in [1.807, 2.05) is 0 Å². The molecular formula is C21H29BrClN3O5. The molecule has 0 aromatic carbocycles. The van der Waals surface area contributed by atoms with Crippen molar-refractivity contribution in [2.24, 2.45) is 10.9 Å². The number of nitrogens with zero attached hydrogens (tertiary/aromatic N) is 3. The van der Waals surface area contributed by atoms with Gasteiger partial charge in [0.25, 0.3) is 0 Å². The van der Waals surface area contributed by atoms with E-state index >= 15 is 0 Å². The van der Waals surface area contributed by atoms with E-state index in [1.54, 1.807) is 32.9 Å². The van der Waals surface area contributed by atoms with Gasteiger partial charge < -0.3 is 24.7 Å². The molecule has 1 fully saturated rings. The molecule has 0 aromatic heterocycles. The summed E-state index contributed by atoms with van der Waals surface area (Å²) < 4.78 is 6.16. The second-order valence-electron chi connectivity index (χ2n) is 9.14. The van der Waals surface area contributed by atoms with Crippen molar-refractivity contribution in [3.05, 3.63) is 21.7 Å². The number of amides is 2. The minimum absolute atomic E-state index is 0.00722. The fourth-order valence-corrected chi connectivity index (χ4v) is 4.62. The van der Waals surface area contributed by atoms with E-state index in [9.17, 15) is 19.8 Å².